The predicted molar refractivity (Wildman–Crippen MR) is 131 cm³/mol. The average molecular weight is 448 g/mol. The van der Waals surface area contributed by atoms with Gasteiger partial charge >= 0.3 is 0 Å². The fourth-order valence-corrected chi connectivity index (χ4v) is 5.66. The fourth-order valence-electron chi connectivity index (χ4n) is 5.66. The Hall–Kier alpha value is -2.66. The number of nitrogens with zero attached hydrogens (tertiary/aromatic N) is 1. The minimum atomic E-state index is -0.341. The van der Waals surface area contributed by atoms with Crippen molar-refractivity contribution in [3.05, 3.63) is 71.3 Å². The first-order valence-corrected chi connectivity index (χ1v) is 12.2. The van der Waals surface area contributed by atoms with Gasteiger partial charge in [-0.2, -0.15) is 0 Å². The predicted octanol–water partition coefficient (Wildman–Crippen LogP) is 4.09. The van der Waals surface area contributed by atoms with Crippen molar-refractivity contribution < 1.29 is 9.59 Å². The maximum Gasteiger partial charge on any atom is 0.225 e. The highest BCUT2D eigenvalue weighted by Gasteiger charge is 2.56. The first-order chi connectivity index (χ1) is 15.8. The number of fused-ring (bicyclic) bond motifs is 1. The molecule has 3 unspecified atom stereocenters. The van der Waals surface area contributed by atoms with Gasteiger partial charge in [0.2, 0.25) is 11.8 Å². The Morgan fingerprint density at radius 3 is 2.42 bits per heavy atom. The summed E-state index contributed by atoms with van der Waals surface area (Å²) in [5.41, 5.74) is 3.35. The van der Waals surface area contributed by atoms with Gasteiger partial charge in [0, 0.05) is 37.0 Å². The number of amides is 2. The maximum absolute atomic E-state index is 13.6. The fraction of sp³-hybridized carbons (Fsp3) is 0.500. The van der Waals surface area contributed by atoms with Crippen molar-refractivity contribution in [2.45, 2.75) is 59.2 Å². The van der Waals surface area contributed by atoms with Crippen LogP contribution in [0.15, 0.2) is 54.6 Å². The molecule has 2 amide bonds. The summed E-state index contributed by atoms with van der Waals surface area (Å²) in [5, 5.41) is 6.57. The van der Waals surface area contributed by atoms with Gasteiger partial charge in [-0.1, -0.05) is 68.4 Å². The molecule has 2 aromatic carbocycles. The number of hydrogen-bond acceptors (Lipinski definition) is 3. The van der Waals surface area contributed by atoms with E-state index in [1.165, 1.54) is 16.7 Å². The summed E-state index contributed by atoms with van der Waals surface area (Å²) in [6, 6.07) is 18.8. The monoisotopic (exact) mass is 447 g/mol. The standard InChI is InChI=1S/C28H37N3O2/c1-19(2)26(32)30-25-23-13-9-8-12-22(23)14-15-28(25)18-31(16-21-10-6-5-7-11-21)17-24(28)27(33)29-20(3)4/h5-13,19-20,24-25H,14-18H2,1-4H3,(H,29,33)(H,30,32). The van der Waals surface area contributed by atoms with Gasteiger partial charge in [0.15, 0.2) is 0 Å². The Kier molecular flexibility index (Phi) is 6.89. The molecule has 1 aliphatic carbocycles. The molecule has 33 heavy (non-hydrogen) atoms. The van der Waals surface area contributed by atoms with Crippen LogP contribution < -0.4 is 10.6 Å². The second kappa shape index (κ2) is 9.68. The molecular weight excluding hydrogens is 410 g/mol. The first kappa shape index (κ1) is 23.5. The Morgan fingerprint density at radius 1 is 1.03 bits per heavy atom. The normalized spacial score (nSPS) is 24.8. The molecule has 0 radical (unpaired) electrons. The van der Waals surface area contributed by atoms with Crippen LogP contribution in [0.2, 0.25) is 0 Å². The Labute approximate surface area is 197 Å². The molecule has 1 heterocycles. The van der Waals surface area contributed by atoms with E-state index in [4.69, 9.17) is 0 Å². The third kappa shape index (κ3) is 4.84. The zero-order valence-electron chi connectivity index (χ0n) is 20.3. The molecule has 3 atom stereocenters. The zero-order valence-corrected chi connectivity index (χ0v) is 20.3. The van der Waals surface area contributed by atoms with E-state index in [1.54, 1.807) is 0 Å². The van der Waals surface area contributed by atoms with E-state index >= 15 is 0 Å². The van der Waals surface area contributed by atoms with E-state index in [0.717, 1.165) is 25.9 Å². The van der Waals surface area contributed by atoms with Crippen LogP contribution in [0.5, 0.6) is 0 Å². The second-order valence-electron chi connectivity index (χ2n) is 10.4. The van der Waals surface area contributed by atoms with E-state index in [2.05, 4.69) is 58.0 Å². The number of benzene rings is 2. The third-order valence-electron chi connectivity index (χ3n) is 7.26. The molecule has 1 fully saturated rings. The molecule has 1 spiro atoms. The summed E-state index contributed by atoms with van der Waals surface area (Å²) in [5.74, 6) is -0.153. The van der Waals surface area contributed by atoms with E-state index in [9.17, 15) is 9.59 Å². The van der Waals surface area contributed by atoms with E-state index in [-0.39, 0.29) is 41.1 Å². The van der Waals surface area contributed by atoms with Gasteiger partial charge in [-0.05, 0) is 43.4 Å². The number of aryl methyl sites for hydroxylation is 1. The molecule has 5 nitrogen and oxygen atoms in total. The summed E-state index contributed by atoms with van der Waals surface area (Å²) >= 11 is 0. The lowest BCUT2D eigenvalue weighted by Crippen LogP contribution is -2.53. The Bertz CT molecular complexity index is 988. The molecule has 2 N–H and O–H groups in total. The van der Waals surface area contributed by atoms with Gasteiger partial charge in [0.1, 0.15) is 0 Å². The SMILES string of the molecule is CC(C)NC(=O)C1CN(Cc2ccccc2)CC12CCc1ccccc1C2NC(=O)C(C)C. The highest BCUT2D eigenvalue weighted by molar-refractivity contribution is 5.82. The molecular formula is C28H37N3O2. The minimum absolute atomic E-state index is 0.0422. The zero-order chi connectivity index (χ0) is 23.6. The number of carbonyl (C=O) groups is 2. The summed E-state index contributed by atoms with van der Waals surface area (Å²) < 4.78 is 0. The second-order valence-corrected chi connectivity index (χ2v) is 10.4. The molecule has 2 aliphatic rings. The van der Waals surface area contributed by atoms with Crippen molar-refractivity contribution in [1.29, 1.82) is 0 Å². The smallest absolute Gasteiger partial charge is 0.225 e. The highest BCUT2D eigenvalue weighted by Crippen LogP contribution is 2.53. The van der Waals surface area contributed by atoms with Crippen LogP contribution in [0.4, 0.5) is 0 Å². The molecule has 1 aliphatic heterocycles. The minimum Gasteiger partial charge on any atom is -0.354 e. The Balaban J connectivity index is 1.74. The lowest BCUT2D eigenvalue weighted by molar-refractivity contribution is -0.132. The summed E-state index contributed by atoms with van der Waals surface area (Å²) in [6.07, 6.45) is 1.81. The quantitative estimate of drug-likeness (QED) is 0.701. The van der Waals surface area contributed by atoms with Gasteiger partial charge in [0.05, 0.1) is 12.0 Å². The van der Waals surface area contributed by atoms with Crippen molar-refractivity contribution >= 4 is 11.8 Å². The van der Waals surface area contributed by atoms with Gasteiger partial charge in [-0.25, -0.2) is 0 Å². The summed E-state index contributed by atoms with van der Waals surface area (Å²) in [6.45, 7) is 10.2. The number of nitrogens with one attached hydrogen (secondary N) is 2. The van der Waals surface area contributed by atoms with Crippen LogP contribution in [-0.4, -0.2) is 35.8 Å². The van der Waals surface area contributed by atoms with Crippen LogP contribution >= 0.6 is 0 Å². The van der Waals surface area contributed by atoms with E-state index in [1.807, 2.05) is 39.8 Å². The van der Waals surface area contributed by atoms with Crippen LogP contribution in [0.25, 0.3) is 0 Å². The van der Waals surface area contributed by atoms with Crippen LogP contribution in [-0.2, 0) is 22.6 Å². The van der Waals surface area contributed by atoms with Gasteiger partial charge in [0.25, 0.3) is 0 Å². The largest absolute Gasteiger partial charge is 0.354 e. The van der Waals surface area contributed by atoms with Gasteiger partial charge in [-0.3, -0.25) is 14.5 Å². The van der Waals surface area contributed by atoms with E-state index < -0.39 is 0 Å². The van der Waals surface area contributed by atoms with Crippen molar-refractivity contribution in [2.24, 2.45) is 17.3 Å². The summed E-state index contributed by atoms with van der Waals surface area (Å²) in [7, 11) is 0. The first-order valence-electron chi connectivity index (χ1n) is 12.2. The summed E-state index contributed by atoms with van der Waals surface area (Å²) in [4.78, 5) is 28.9. The van der Waals surface area contributed by atoms with Crippen molar-refractivity contribution in [2.75, 3.05) is 13.1 Å². The molecule has 176 valence electrons. The molecule has 0 bridgehead atoms. The van der Waals surface area contributed by atoms with Crippen LogP contribution in [0.3, 0.4) is 0 Å². The molecule has 5 heteroatoms. The Morgan fingerprint density at radius 2 is 1.73 bits per heavy atom. The van der Waals surface area contributed by atoms with Crippen molar-refractivity contribution in [1.82, 2.24) is 15.5 Å². The average Bonchev–Trinajstić information content (AvgIpc) is 3.14. The molecule has 0 saturated carbocycles. The van der Waals surface area contributed by atoms with Gasteiger partial charge in [-0.15, -0.1) is 0 Å². The number of likely N-dealkylation sites (tertiary alicyclic amines) is 1. The van der Waals surface area contributed by atoms with Crippen molar-refractivity contribution in [3.63, 3.8) is 0 Å². The topological polar surface area (TPSA) is 61.4 Å². The van der Waals surface area contributed by atoms with Gasteiger partial charge < -0.3 is 10.6 Å². The van der Waals surface area contributed by atoms with Crippen LogP contribution in [0, 0.1) is 17.3 Å². The number of carbonyl (C=O) groups excluding carboxylic acids is 2. The highest BCUT2D eigenvalue weighted by atomic mass is 16.2. The molecule has 2 aromatic rings. The third-order valence-corrected chi connectivity index (χ3v) is 7.26. The van der Waals surface area contributed by atoms with Crippen molar-refractivity contribution in [3.8, 4) is 0 Å². The lowest BCUT2D eigenvalue weighted by atomic mass is 9.62. The molecule has 1 saturated heterocycles. The number of hydrogen-bond donors (Lipinski definition) is 2. The number of rotatable bonds is 6. The molecule has 4 rings (SSSR count). The van der Waals surface area contributed by atoms with E-state index in [0.29, 0.717) is 6.54 Å². The lowest BCUT2D eigenvalue weighted by Gasteiger charge is -2.46. The molecule has 0 aromatic heterocycles. The maximum atomic E-state index is 13.6. The van der Waals surface area contributed by atoms with Crippen LogP contribution in [0.1, 0.15) is 56.8 Å².